The SMILES string of the molecule is CCN1C[C@@]2(C[C@@H]2CO)n2cc(C(=O)NCc3ccc(F)cc3F)c(=O)c(O)c2C1=O.Cl. The number of aromatic hydroxyl groups is 1. The fourth-order valence-electron chi connectivity index (χ4n) is 4.23. The summed E-state index contributed by atoms with van der Waals surface area (Å²) < 4.78 is 28.3. The molecule has 4 rings (SSSR count). The van der Waals surface area contributed by atoms with Gasteiger partial charge in [0.15, 0.2) is 11.4 Å². The first-order valence-corrected chi connectivity index (χ1v) is 9.84. The predicted molar refractivity (Wildman–Crippen MR) is 112 cm³/mol. The van der Waals surface area contributed by atoms with E-state index in [1.165, 1.54) is 21.7 Å². The highest BCUT2D eigenvalue weighted by Gasteiger charge is 2.60. The smallest absolute Gasteiger partial charge is 0.274 e. The highest BCUT2D eigenvalue weighted by molar-refractivity contribution is 5.99. The quantitative estimate of drug-likeness (QED) is 0.612. The number of nitrogens with one attached hydrogen (secondary N) is 1. The molecule has 2 aromatic rings. The number of fused-ring (bicyclic) bond motifs is 2. The summed E-state index contributed by atoms with van der Waals surface area (Å²) in [5.74, 6) is -4.05. The molecule has 1 aromatic carbocycles. The van der Waals surface area contributed by atoms with Crippen LogP contribution >= 0.6 is 12.4 Å². The molecule has 8 nitrogen and oxygen atoms in total. The summed E-state index contributed by atoms with van der Waals surface area (Å²) in [5, 5.41) is 22.5. The standard InChI is InChI=1S/C21H21F2N3O5.ClH/c1-2-25-10-21(6-12(21)9-27)26-8-14(17(28)18(29)16(26)20(25)31)19(30)24-7-11-3-4-13(22)5-15(11)23;/h3-5,8,12,27,29H,2,6-7,9-10H2,1H3,(H,24,30);1H/t12-,21-;/m1./s1. The van der Waals surface area contributed by atoms with Crippen molar-refractivity contribution in [3.05, 3.63) is 63.1 Å². The van der Waals surface area contributed by atoms with E-state index in [9.17, 15) is 33.4 Å². The Morgan fingerprint density at radius 1 is 1.31 bits per heavy atom. The monoisotopic (exact) mass is 469 g/mol. The molecule has 1 aliphatic heterocycles. The van der Waals surface area contributed by atoms with Crippen LogP contribution in [0.1, 0.15) is 39.8 Å². The van der Waals surface area contributed by atoms with E-state index in [0.29, 0.717) is 19.0 Å². The molecule has 2 atom stereocenters. The van der Waals surface area contributed by atoms with E-state index < -0.39 is 45.7 Å². The summed E-state index contributed by atoms with van der Waals surface area (Å²) in [7, 11) is 0. The Balaban J connectivity index is 0.00000289. The molecule has 11 heteroatoms. The van der Waals surface area contributed by atoms with Gasteiger partial charge in [0.2, 0.25) is 5.43 Å². The van der Waals surface area contributed by atoms with Crippen LogP contribution in [0.15, 0.2) is 29.2 Å². The summed E-state index contributed by atoms with van der Waals surface area (Å²) >= 11 is 0. The number of aromatic nitrogens is 1. The van der Waals surface area contributed by atoms with Crippen molar-refractivity contribution in [2.75, 3.05) is 19.7 Å². The number of amides is 2. The van der Waals surface area contributed by atoms with Gasteiger partial charge in [-0.25, -0.2) is 8.78 Å². The number of rotatable bonds is 5. The lowest BCUT2D eigenvalue weighted by atomic mass is 10.0. The maximum Gasteiger partial charge on any atom is 0.274 e. The molecule has 1 aromatic heterocycles. The minimum Gasteiger partial charge on any atom is -0.503 e. The minimum absolute atomic E-state index is 0. The Morgan fingerprint density at radius 3 is 2.62 bits per heavy atom. The van der Waals surface area contributed by atoms with Gasteiger partial charge >= 0.3 is 0 Å². The third kappa shape index (κ3) is 3.63. The fraction of sp³-hybridized carbons (Fsp3) is 0.381. The zero-order valence-electron chi connectivity index (χ0n) is 17.1. The van der Waals surface area contributed by atoms with Crippen molar-refractivity contribution in [2.45, 2.75) is 25.4 Å². The number of carbonyl (C=O) groups excluding carboxylic acids is 2. The topological polar surface area (TPSA) is 112 Å². The molecule has 0 bridgehead atoms. The summed E-state index contributed by atoms with van der Waals surface area (Å²) in [4.78, 5) is 39.6. The minimum atomic E-state index is -1.02. The van der Waals surface area contributed by atoms with Crippen LogP contribution in [0.5, 0.6) is 5.75 Å². The van der Waals surface area contributed by atoms with E-state index >= 15 is 0 Å². The molecule has 2 amide bonds. The lowest BCUT2D eigenvalue weighted by Crippen LogP contribution is -2.49. The first kappa shape index (κ1) is 23.7. The highest BCUT2D eigenvalue weighted by Crippen LogP contribution is 2.53. The van der Waals surface area contributed by atoms with Crippen LogP contribution in [-0.4, -0.2) is 51.2 Å². The largest absolute Gasteiger partial charge is 0.503 e. The number of halogens is 3. The molecule has 32 heavy (non-hydrogen) atoms. The van der Waals surface area contributed by atoms with E-state index in [2.05, 4.69) is 5.32 Å². The van der Waals surface area contributed by atoms with E-state index in [4.69, 9.17) is 0 Å². The molecular weight excluding hydrogens is 448 g/mol. The average Bonchev–Trinajstić information content (AvgIpc) is 3.45. The van der Waals surface area contributed by atoms with Crippen molar-refractivity contribution in [1.29, 1.82) is 0 Å². The van der Waals surface area contributed by atoms with Crippen LogP contribution in [0.25, 0.3) is 0 Å². The Bertz CT molecular complexity index is 1150. The van der Waals surface area contributed by atoms with Crippen molar-refractivity contribution in [2.24, 2.45) is 5.92 Å². The summed E-state index contributed by atoms with van der Waals surface area (Å²) in [6, 6.07) is 2.89. The fourth-order valence-corrected chi connectivity index (χ4v) is 4.23. The van der Waals surface area contributed by atoms with Crippen molar-refractivity contribution in [3.8, 4) is 5.75 Å². The van der Waals surface area contributed by atoms with E-state index in [0.717, 1.165) is 6.07 Å². The number of nitrogens with zero attached hydrogens (tertiary/aromatic N) is 2. The maximum absolute atomic E-state index is 13.8. The van der Waals surface area contributed by atoms with Crippen molar-refractivity contribution < 1.29 is 28.6 Å². The van der Waals surface area contributed by atoms with E-state index in [-0.39, 0.29) is 49.3 Å². The van der Waals surface area contributed by atoms with Crippen LogP contribution in [0.3, 0.4) is 0 Å². The van der Waals surface area contributed by atoms with Crippen molar-refractivity contribution in [3.63, 3.8) is 0 Å². The first-order valence-electron chi connectivity index (χ1n) is 9.84. The normalized spacial score (nSPS) is 21.2. The number of benzene rings is 1. The zero-order valence-corrected chi connectivity index (χ0v) is 17.9. The number of hydrogen-bond acceptors (Lipinski definition) is 5. The molecule has 1 spiro atoms. The molecule has 0 unspecified atom stereocenters. The number of likely N-dealkylation sites (N-methyl/N-ethyl adjacent to an activating group) is 1. The van der Waals surface area contributed by atoms with Crippen LogP contribution in [0, 0.1) is 17.6 Å². The summed E-state index contributed by atoms with van der Waals surface area (Å²) in [5.41, 5.74) is -2.34. The Morgan fingerprint density at radius 2 is 2.03 bits per heavy atom. The van der Waals surface area contributed by atoms with Gasteiger partial charge in [-0.2, -0.15) is 0 Å². The lowest BCUT2D eigenvalue weighted by Gasteiger charge is -2.37. The third-order valence-corrected chi connectivity index (χ3v) is 6.12. The van der Waals surface area contributed by atoms with E-state index in [1.807, 2.05) is 0 Å². The molecule has 1 saturated carbocycles. The predicted octanol–water partition coefficient (Wildman–Crippen LogP) is 1.37. The van der Waals surface area contributed by atoms with Crippen LogP contribution in [0.4, 0.5) is 8.78 Å². The van der Waals surface area contributed by atoms with Crippen LogP contribution in [-0.2, 0) is 12.1 Å². The molecule has 0 radical (unpaired) electrons. The molecule has 1 aliphatic carbocycles. The second kappa shape index (κ2) is 8.51. The molecule has 1 fully saturated rings. The average molecular weight is 470 g/mol. The highest BCUT2D eigenvalue weighted by atomic mass is 35.5. The van der Waals surface area contributed by atoms with Crippen molar-refractivity contribution in [1.82, 2.24) is 14.8 Å². The van der Waals surface area contributed by atoms with Gasteiger partial charge in [-0.05, 0) is 19.4 Å². The van der Waals surface area contributed by atoms with Gasteiger partial charge in [0.25, 0.3) is 11.8 Å². The number of carbonyl (C=O) groups is 2. The van der Waals surface area contributed by atoms with E-state index in [1.54, 1.807) is 6.92 Å². The number of aliphatic hydroxyl groups excluding tert-OH is 1. The van der Waals surface area contributed by atoms with Gasteiger partial charge in [-0.3, -0.25) is 14.4 Å². The summed E-state index contributed by atoms with van der Waals surface area (Å²) in [6.45, 7) is 1.95. The van der Waals surface area contributed by atoms with Gasteiger partial charge in [-0.15, -0.1) is 12.4 Å². The lowest BCUT2D eigenvalue weighted by molar-refractivity contribution is 0.0630. The van der Waals surface area contributed by atoms with Gasteiger partial charge in [-0.1, -0.05) is 6.07 Å². The first-order chi connectivity index (χ1) is 14.7. The molecule has 0 saturated heterocycles. The molecule has 2 aliphatic rings. The zero-order chi connectivity index (χ0) is 22.5. The number of pyridine rings is 1. The maximum atomic E-state index is 13.8. The van der Waals surface area contributed by atoms with Gasteiger partial charge in [0.05, 0.1) is 5.54 Å². The van der Waals surface area contributed by atoms with Gasteiger partial charge in [0.1, 0.15) is 17.2 Å². The Labute approximate surface area is 187 Å². The van der Waals surface area contributed by atoms with Crippen molar-refractivity contribution >= 4 is 24.2 Å². The second-order valence-electron chi connectivity index (χ2n) is 7.86. The number of aliphatic hydroxyl groups is 1. The molecule has 172 valence electrons. The van der Waals surface area contributed by atoms with Crippen LogP contribution < -0.4 is 10.7 Å². The second-order valence-corrected chi connectivity index (χ2v) is 7.86. The number of hydrogen-bond donors (Lipinski definition) is 3. The summed E-state index contributed by atoms with van der Waals surface area (Å²) in [6.07, 6.45) is 1.73. The third-order valence-electron chi connectivity index (χ3n) is 6.12. The molecular formula is C21H22ClF2N3O5. The van der Waals surface area contributed by atoms with Gasteiger partial charge < -0.3 is 25.0 Å². The van der Waals surface area contributed by atoms with Crippen LogP contribution in [0.2, 0.25) is 0 Å². The molecule has 2 heterocycles. The van der Waals surface area contributed by atoms with Gasteiger partial charge in [0, 0.05) is 50.0 Å². The molecule has 3 N–H and O–H groups in total. The Hall–Kier alpha value is -2.98. The Kier molecular flexibility index (Phi) is 6.30.